The average Bonchev–Trinajstić information content (AvgIpc) is 2.92. The highest BCUT2D eigenvalue weighted by Crippen LogP contribution is 2.33. The van der Waals surface area contributed by atoms with Crippen LogP contribution in [0, 0.1) is 0 Å². The van der Waals surface area contributed by atoms with E-state index in [1.807, 2.05) is 12.1 Å². The predicted molar refractivity (Wildman–Crippen MR) is 101 cm³/mol. The van der Waals surface area contributed by atoms with E-state index >= 15 is 0 Å². The van der Waals surface area contributed by atoms with Crippen molar-refractivity contribution < 1.29 is 9.59 Å². The molecule has 2 amide bonds. The summed E-state index contributed by atoms with van der Waals surface area (Å²) in [6.07, 6.45) is 4.33. The van der Waals surface area contributed by atoms with Gasteiger partial charge in [0.2, 0.25) is 0 Å². The van der Waals surface area contributed by atoms with Crippen molar-refractivity contribution in [3.8, 4) is 0 Å². The third kappa shape index (κ3) is 2.95. The molecular formula is C22H24N2O2. The van der Waals surface area contributed by atoms with Gasteiger partial charge in [-0.2, -0.15) is 0 Å². The van der Waals surface area contributed by atoms with Crippen LogP contribution in [-0.4, -0.2) is 41.8 Å². The van der Waals surface area contributed by atoms with Gasteiger partial charge in [0.25, 0.3) is 11.8 Å². The molecular weight excluding hydrogens is 324 g/mol. The highest BCUT2D eigenvalue weighted by Gasteiger charge is 2.34. The molecule has 0 saturated heterocycles. The van der Waals surface area contributed by atoms with Gasteiger partial charge in [0, 0.05) is 19.1 Å². The Morgan fingerprint density at radius 2 is 1.65 bits per heavy atom. The van der Waals surface area contributed by atoms with Crippen LogP contribution in [0.15, 0.2) is 48.5 Å². The van der Waals surface area contributed by atoms with Gasteiger partial charge < -0.3 is 0 Å². The molecule has 0 radical (unpaired) electrons. The fraction of sp³-hybridized carbons (Fsp3) is 0.364. The first-order valence-corrected chi connectivity index (χ1v) is 9.40. The van der Waals surface area contributed by atoms with Crippen LogP contribution in [0.4, 0.5) is 0 Å². The molecule has 0 aromatic heterocycles. The van der Waals surface area contributed by atoms with E-state index in [9.17, 15) is 9.59 Å². The lowest BCUT2D eigenvalue weighted by molar-refractivity contribution is 0.0645. The Morgan fingerprint density at radius 1 is 1.00 bits per heavy atom. The molecule has 1 unspecified atom stereocenters. The van der Waals surface area contributed by atoms with Gasteiger partial charge in [-0.15, -0.1) is 0 Å². The topological polar surface area (TPSA) is 40.6 Å². The third-order valence-electron chi connectivity index (χ3n) is 5.64. The van der Waals surface area contributed by atoms with Crippen molar-refractivity contribution in [1.82, 2.24) is 9.80 Å². The summed E-state index contributed by atoms with van der Waals surface area (Å²) in [5.41, 5.74) is 3.96. The Bertz CT molecular complexity index is 811. The van der Waals surface area contributed by atoms with Crippen LogP contribution in [-0.2, 0) is 6.42 Å². The summed E-state index contributed by atoms with van der Waals surface area (Å²) in [6, 6.07) is 16.2. The normalized spacial score (nSPS) is 19.0. The first-order valence-electron chi connectivity index (χ1n) is 9.40. The molecule has 4 nitrogen and oxygen atoms in total. The lowest BCUT2D eigenvalue weighted by Gasteiger charge is -2.33. The number of benzene rings is 2. The molecule has 1 aliphatic carbocycles. The Morgan fingerprint density at radius 3 is 2.38 bits per heavy atom. The molecule has 2 aliphatic rings. The lowest BCUT2D eigenvalue weighted by atomic mass is 9.87. The van der Waals surface area contributed by atoms with Crippen LogP contribution in [0.3, 0.4) is 0 Å². The van der Waals surface area contributed by atoms with Crippen LogP contribution in [0.1, 0.15) is 57.1 Å². The molecule has 26 heavy (non-hydrogen) atoms. The number of aryl methyl sites for hydroxylation is 1. The molecule has 134 valence electrons. The zero-order valence-electron chi connectivity index (χ0n) is 15.1. The summed E-state index contributed by atoms with van der Waals surface area (Å²) < 4.78 is 0. The van der Waals surface area contributed by atoms with E-state index in [1.165, 1.54) is 28.9 Å². The van der Waals surface area contributed by atoms with Crippen LogP contribution in [0.5, 0.6) is 0 Å². The largest absolute Gasteiger partial charge is 0.299 e. The minimum absolute atomic E-state index is 0.156. The number of amides is 2. The van der Waals surface area contributed by atoms with Gasteiger partial charge in [-0.3, -0.25) is 19.4 Å². The van der Waals surface area contributed by atoms with Crippen LogP contribution < -0.4 is 0 Å². The van der Waals surface area contributed by atoms with Gasteiger partial charge in [-0.25, -0.2) is 0 Å². The number of carbonyl (C=O) groups is 2. The minimum atomic E-state index is -0.156. The number of rotatable bonds is 5. The molecule has 1 aliphatic heterocycles. The second-order valence-corrected chi connectivity index (χ2v) is 7.25. The molecule has 4 heteroatoms. The summed E-state index contributed by atoms with van der Waals surface area (Å²) in [5, 5.41) is 0. The van der Waals surface area contributed by atoms with Gasteiger partial charge in [-0.05, 0) is 56.0 Å². The number of carbonyl (C=O) groups excluding carboxylic acids is 2. The van der Waals surface area contributed by atoms with E-state index < -0.39 is 0 Å². The number of fused-ring (bicyclic) bond motifs is 2. The SMILES string of the molecule is CN(CCCN1C(=O)c2ccccc2C1=O)C1CCCc2ccccc21. The van der Waals surface area contributed by atoms with Crippen molar-refractivity contribution in [3.63, 3.8) is 0 Å². The molecule has 0 fully saturated rings. The maximum atomic E-state index is 12.4. The highest BCUT2D eigenvalue weighted by atomic mass is 16.2. The predicted octanol–water partition coefficient (Wildman–Crippen LogP) is 3.68. The van der Waals surface area contributed by atoms with E-state index in [4.69, 9.17) is 0 Å². The number of hydrogen-bond acceptors (Lipinski definition) is 3. The summed E-state index contributed by atoms with van der Waals surface area (Å²) in [7, 11) is 2.15. The van der Waals surface area contributed by atoms with Crippen molar-refractivity contribution in [2.45, 2.75) is 31.7 Å². The Hall–Kier alpha value is -2.46. The van der Waals surface area contributed by atoms with Gasteiger partial charge in [0.1, 0.15) is 0 Å². The first-order chi connectivity index (χ1) is 12.7. The van der Waals surface area contributed by atoms with Crippen molar-refractivity contribution in [2.75, 3.05) is 20.1 Å². The molecule has 0 spiro atoms. The van der Waals surface area contributed by atoms with Gasteiger partial charge in [0.15, 0.2) is 0 Å². The Kier molecular flexibility index (Phi) is 4.60. The van der Waals surface area contributed by atoms with E-state index in [0.717, 1.165) is 19.4 Å². The number of imide groups is 1. The molecule has 0 N–H and O–H groups in total. The molecule has 2 aromatic carbocycles. The molecule has 1 atom stereocenters. The summed E-state index contributed by atoms with van der Waals surface area (Å²) >= 11 is 0. The summed E-state index contributed by atoms with van der Waals surface area (Å²) in [4.78, 5) is 28.6. The van der Waals surface area contributed by atoms with Crippen LogP contribution in [0.2, 0.25) is 0 Å². The zero-order valence-corrected chi connectivity index (χ0v) is 15.1. The van der Waals surface area contributed by atoms with Gasteiger partial charge >= 0.3 is 0 Å². The van der Waals surface area contributed by atoms with Crippen molar-refractivity contribution in [1.29, 1.82) is 0 Å². The smallest absolute Gasteiger partial charge is 0.261 e. The summed E-state index contributed by atoms with van der Waals surface area (Å²) in [5.74, 6) is -0.312. The van der Waals surface area contributed by atoms with E-state index in [0.29, 0.717) is 23.7 Å². The maximum absolute atomic E-state index is 12.4. The van der Waals surface area contributed by atoms with Crippen molar-refractivity contribution in [3.05, 3.63) is 70.8 Å². The van der Waals surface area contributed by atoms with Crippen LogP contribution >= 0.6 is 0 Å². The van der Waals surface area contributed by atoms with E-state index in [-0.39, 0.29) is 11.8 Å². The fourth-order valence-corrected chi connectivity index (χ4v) is 4.26. The minimum Gasteiger partial charge on any atom is -0.299 e. The van der Waals surface area contributed by atoms with Crippen molar-refractivity contribution >= 4 is 11.8 Å². The number of hydrogen-bond donors (Lipinski definition) is 0. The Balaban J connectivity index is 1.37. The third-order valence-corrected chi connectivity index (χ3v) is 5.64. The van der Waals surface area contributed by atoms with Gasteiger partial charge in [-0.1, -0.05) is 36.4 Å². The second-order valence-electron chi connectivity index (χ2n) is 7.25. The zero-order chi connectivity index (χ0) is 18.1. The van der Waals surface area contributed by atoms with E-state index in [2.05, 4.69) is 36.2 Å². The van der Waals surface area contributed by atoms with Crippen molar-refractivity contribution in [2.24, 2.45) is 0 Å². The highest BCUT2D eigenvalue weighted by molar-refractivity contribution is 6.21. The average molecular weight is 348 g/mol. The number of nitrogens with zero attached hydrogens (tertiary/aromatic N) is 2. The van der Waals surface area contributed by atoms with Gasteiger partial charge in [0.05, 0.1) is 11.1 Å². The molecule has 4 rings (SSSR count). The second kappa shape index (κ2) is 7.04. The van der Waals surface area contributed by atoms with E-state index in [1.54, 1.807) is 12.1 Å². The lowest BCUT2D eigenvalue weighted by Crippen LogP contribution is -2.34. The molecule has 2 aromatic rings. The van der Waals surface area contributed by atoms with Crippen LogP contribution in [0.25, 0.3) is 0 Å². The summed E-state index contributed by atoms with van der Waals surface area (Å²) in [6.45, 7) is 1.34. The molecule has 0 bridgehead atoms. The molecule has 1 heterocycles. The maximum Gasteiger partial charge on any atom is 0.261 e. The standard InChI is InChI=1S/C22H24N2O2/c1-23(20-13-6-9-16-8-2-3-10-17(16)20)14-7-15-24-21(25)18-11-4-5-12-19(18)22(24)26/h2-5,8,10-12,20H,6-7,9,13-15H2,1H3. The Labute approximate surface area is 154 Å². The monoisotopic (exact) mass is 348 g/mol. The molecule has 0 saturated carbocycles. The first kappa shape index (κ1) is 17.0. The quantitative estimate of drug-likeness (QED) is 0.774. The fourth-order valence-electron chi connectivity index (χ4n) is 4.26.